The Balaban J connectivity index is 1.43. The molecular weight excluding hydrogens is 328 g/mol. The van der Waals surface area contributed by atoms with E-state index in [4.69, 9.17) is 4.74 Å². The SMILES string of the molecule is Cc1ccc(OCC(=O)N2CCC(C(=O)N3CCCCCC3)CC2)cc1. The molecule has 5 heteroatoms. The second-order valence-corrected chi connectivity index (χ2v) is 7.50. The molecule has 3 rings (SSSR count). The van der Waals surface area contributed by atoms with Crippen molar-refractivity contribution in [2.45, 2.75) is 45.4 Å². The van der Waals surface area contributed by atoms with E-state index in [1.165, 1.54) is 18.4 Å². The van der Waals surface area contributed by atoms with Gasteiger partial charge in [0.25, 0.3) is 5.91 Å². The minimum absolute atomic E-state index is 0.00578. The third kappa shape index (κ3) is 4.99. The third-order valence-electron chi connectivity index (χ3n) is 5.50. The lowest BCUT2D eigenvalue weighted by Gasteiger charge is -2.34. The summed E-state index contributed by atoms with van der Waals surface area (Å²) in [5.74, 6) is 1.10. The maximum Gasteiger partial charge on any atom is 0.260 e. The van der Waals surface area contributed by atoms with E-state index in [0.717, 1.165) is 44.5 Å². The largest absolute Gasteiger partial charge is 0.484 e. The summed E-state index contributed by atoms with van der Waals surface area (Å²) >= 11 is 0. The van der Waals surface area contributed by atoms with Crippen LogP contribution in [-0.2, 0) is 9.59 Å². The second-order valence-electron chi connectivity index (χ2n) is 7.50. The number of hydrogen-bond donors (Lipinski definition) is 0. The number of carbonyl (C=O) groups excluding carboxylic acids is 2. The van der Waals surface area contributed by atoms with Gasteiger partial charge in [-0.05, 0) is 44.7 Å². The van der Waals surface area contributed by atoms with Gasteiger partial charge in [0, 0.05) is 32.1 Å². The van der Waals surface area contributed by atoms with Crippen LogP contribution in [0.1, 0.15) is 44.1 Å². The number of piperidine rings is 1. The molecule has 5 nitrogen and oxygen atoms in total. The molecule has 2 heterocycles. The molecule has 1 aromatic rings. The Labute approximate surface area is 156 Å². The van der Waals surface area contributed by atoms with Gasteiger partial charge in [0.1, 0.15) is 5.75 Å². The van der Waals surface area contributed by atoms with E-state index in [-0.39, 0.29) is 18.4 Å². The first-order valence-electron chi connectivity index (χ1n) is 9.89. The third-order valence-corrected chi connectivity index (χ3v) is 5.50. The Morgan fingerprint density at radius 3 is 2.15 bits per heavy atom. The second kappa shape index (κ2) is 9.06. The van der Waals surface area contributed by atoms with Crippen molar-refractivity contribution in [2.24, 2.45) is 5.92 Å². The standard InChI is InChI=1S/C21H30N2O3/c1-17-6-8-19(9-7-17)26-16-20(24)22-14-10-18(11-15-22)21(25)23-12-4-2-3-5-13-23/h6-9,18H,2-5,10-16H2,1H3. The van der Waals surface area contributed by atoms with E-state index in [9.17, 15) is 9.59 Å². The van der Waals surface area contributed by atoms with Crippen LogP contribution in [0.25, 0.3) is 0 Å². The smallest absolute Gasteiger partial charge is 0.260 e. The van der Waals surface area contributed by atoms with Gasteiger partial charge in [0.05, 0.1) is 0 Å². The molecule has 2 amide bonds. The van der Waals surface area contributed by atoms with Gasteiger partial charge in [-0.3, -0.25) is 9.59 Å². The topological polar surface area (TPSA) is 49.9 Å². The highest BCUT2D eigenvalue weighted by molar-refractivity contribution is 5.80. The van der Waals surface area contributed by atoms with Crippen LogP contribution in [0.2, 0.25) is 0 Å². The summed E-state index contributed by atoms with van der Waals surface area (Å²) in [6, 6.07) is 7.71. The van der Waals surface area contributed by atoms with Crippen LogP contribution in [0.4, 0.5) is 0 Å². The molecule has 0 aromatic heterocycles. The molecule has 26 heavy (non-hydrogen) atoms. The quantitative estimate of drug-likeness (QED) is 0.831. The van der Waals surface area contributed by atoms with Crippen molar-refractivity contribution in [3.63, 3.8) is 0 Å². The zero-order valence-electron chi connectivity index (χ0n) is 15.8. The zero-order valence-corrected chi connectivity index (χ0v) is 15.8. The van der Waals surface area contributed by atoms with Gasteiger partial charge < -0.3 is 14.5 Å². The van der Waals surface area contributed by atoms with Crippen molar-refractivity contribution in [3.8, 4) is 5.75 Å². The normalized spacial score (nSPS) is 19.1. The van der Waals surface area contributed by atoms with Crippen LogP contribution >= 0.6 is 0 Å². The predicted octanol–water partition coefficient (Wildman–Crippen LogP) is 3.02. The maximum atomic E-state index is 12.7. The number of aryl methyl sites for hydroxylation is 1. The van der Waals surface area contributed by atoms with E-state index < -0.39 is 0 Å². The van der Waals surface area contributed by atoms with Gasteiger partial charge in [0.2, 0.25) is 5.91 Å². The minimum Gasteiger partial charge on any atom is -0.484 e. The Morgan fingerprint density at radius 2 is 1.54 bits per heavy atom. The minimum atomic E-state index is 0.00578. The van der Waals surface area contributed by atoms with Crippen LogP contribution in [0.5, 0.6) is 5.75 Å². The molecule has 142 valence electrons. The molecule has 2 saturated heterocycles. The number of nitrogens with zero attached hydrogens (tertiary/aromatic N) is 2. The molecule has 0 unspecified atom stereocenters. The summed E-state index contributed by atoms with van der Waals surface area (Å²) in [5.41, 5.74) is 1.17. The highest BCUT2D eigenvalue weighted by atomic mass is 16.5. The number of carbonyl (C=O) groups is 2. The van der Waals surface area contributed by atoms with Crippen LogP contribution in [0, 0.1) is 12.8 Å². The van der Waals surface area contributed by atoms with Gasteiger partial charge >= 0.3 is 0 Å². The molecule has 0 bridgehead atoms. The molecule has 1 aromatic carbocycles. The molecule has 0 aliphatic carbocycles. The van der Waals surface area contributed by atoms with Crippen molar-refractivity contribution in [3.05, 3.63) is 29.8 Å². The van der Waals surface area contributed by atoms with Gasteiger partial charge in [-0.2, -0.15) is 0 Å². The summed E-state index contributed by atoms with van der Waals surface area (Å²) in [6.07, 6.45) is 6.26. The van der Waals surface area contributed by atoms with Crippen LogP contribution < -0.4 is 4.74 Å². The number of hydrogen-bond acceptors (Lipinski definition) is 3. The first-order valence-corrected chi connectivity index (χ1v) is 9.89. The zero-order chi connectivity index (χ0) is 18.4. The predicted molar refractivity (Wildman–Crippen MR) is 101 cm³/mol. The summed E-state index contributed by atoms with van der Waals surface area (Å²) in [7, 11) is 0. The van der Waals surface area contributed by atoms with E-state index >= 15 is 0 Å². The molecule has 0 radical (unpaired) electrons. The average molecular weight is 358 g/mol. The Kier molecular flexibility index (Phi) is 6.53. The lowest BCUT2D eigenvalue weighted by Crippen LogP contribution is -2.45. The molecule has 0 atom stereocenters. The fourth-order valence-corrected chi connectivity index (χ4v) is 3.80. The van der Waals surface area contributed by atoms with E-state index in [1.54, 1.807) is 0 Å². The van der Waals surface area contributed by atoms with E-state index in [1.807, 2.05) is 36.1 Å². The number of ether oxygens (including phenoxy) is 1. The van der Waals surface area contributed by atoms with Gasteiger partial charge in [0.15, 0.2) is 6.61 Å². The monoisotopic (exact) mass is 358 g/mol. The lowest BCUT2D eigenvalue weighted by atomic mass is 9.95. The Bertz CT molecular complexity index is 598. The maximum absolute atomic E-state index is 12.7. The van der Waals surface area contributed by atoms with E-state index in [2.05, 4.69) is 4.90 Å². The highest BCUT2D eigenvalue weighted by Gasteiger charge is 2.30. The molecular formula is C21H30N2O3. The van der Waals surface area contributed by atoms with E-state index in [0.29, 0.717) is 19.0 Å². The van der Waals surface area contributed by atoms with Crippen molar-refractivity contribution >= 4 is 11.8 Å². The van der Waals surface area contributed by atoms with Crippen molar-refractivity contribution < 1.29 is 14.3 Å². The summed E-state index contributed by atoms with van der Waals surface area (Å²) in [5, 5.41) is 0. The summed E-state index contributed by atoms with van der Waals surface area (Å²) in [6.45, 7) is 5.20. The van der Waals surface area contributed by atoms with Crippen molar-refractivity contribution in [1.82, 2.24) is 9.80 Å². The highest BCUT2D eigenvalue weighted by Crippen LogP contribution is 2.22. The summed E-state index contributed by atoms with van der Waals surface area (Å²) < 4.78 is 5.59. The van der Waals surface area contributed by atoms with Gasteiger partial charge in [-0.25, -0.2) is 0 Å². The molecule has 0 N–H and O–H groups in total. The Morgan fingerprint density at radius 1 is 0.923 bits per heavy atom. The van der Waals surface area contributed by atoms with Crippen LogP contribution in [0.15, 0.2) is 24.3 Å². The molecule has 2 aliphatic heterocycles. The number of rotatable bonds is 4. The molecule has 2 fully saturated rings. The summed E-state index contributed by atoms with van der Waals surface area (Å²) in [4.78, 5) is 29.0. The molecule has 0 spiro atoms. The fraction of sp³-hybridized carbons (Fsp3) is 0.619. The van der Waals surface area contributed by atoms with Gasteiger partial charge in [-0.15, -0.1) is 0 Å². The fourth-order valence-electron chi connectivity index (χ4n) is 3.80. The number of benzene rings is 1. The molecule has 2 aliphatic rings. The molecule has 0 saturated carbocycles. The van der Waals surface area contributed by atoms with Crippen molar-refractivity contribution in [1.29, 1.82) is 0 Å². The first kappa shape index (κ1) is 18.7. The van der Waals surface area contributed by atoms with Crippen LogP contribution in [-0.4, -0.2) is 54.4 Å². The van der Waals surface area contributed by atoms with Crippen LogP contribution in [0.3, 0.4) is 0 Å². The number of likely N-dealkylation sites (tertiary alicyclic amines) is 2. The van der Waals surface area contributed by atoms with Crippen molar-refractivity contribution in [2.75, 3.05) is 32.8 Å². The number of amides is 2. The van der Waals surface area contributed by atoms with Gasteiger partial charge in [-0.1, -0.05) is 30.5 Å². The lowest BCUT2D eigenvalue weighted by molar-refractivity contribution is -0.141. The average Bonchev–Trinajstić information content (AvgIpc) is 2.96. The Hall–Kier alpha value is -2.04. The first-order chi connectivity index (χ1) is 12.6.